The monoisotopic (exact) mass is 204 g/mol. The lowest BCUT2D eigenvalue weighted by atomic mass is 10.1. The predicted molar refractivity (Wildman–Crippen MR) is 59.6 cm³/mol. The third kappa shape index (κ3) is 9.48. The van der Waals surface area contributed by atoms with Gasteiger partial charge in [-0.15, -0.1) is 0 Å². The van der Waals surface area contributed by atoms with Crippen LogP contribution in [0, 0.1) is 0 Å². The highest BCUT2D eigenvalue weighted by Crippen LogP contribution is 1.99. The first-order valence-corrected chi connectivity index (χ1v) is 5.27. The van der Waals surface area contributed by atoms with Crippen molar-refractivity contribution in [1.29, 1.82) is 0 Å². The summed E-state index contributed by atoms with van der Waals surface area (Å²) >= 11 is 0. The van der Waals surface area contributed by atoms with Crippen LogP contribution in [0.4, 0.5) is 0 Å². The number of likely N-dealkylation sites (N-methyl/N-ethyl adjacent to an activating group) is 1. The minimum Gasteiger partial charge on any atom is -0.480 e. The van der Waals surface area contributed by atoms with Gasteiger partial charge in [0.2, 0.25) is 0 Å². The second-order valence-corrected chi connectivity index (χ2v) is 2.78. The van der Waals surface area contributed by atoms with Gasteiger partial charge in [0.1, 0.15) is 6.04 Å². The molecule has 0 aliphatic heterocycles. The Morgan fingerprint density at radius 2 is 1.86 bits per heavy atom. The summed E-state index contributed by atoms with van der Waals surface area (Å²) in [6.45, 7) is 4.95. The molecular formula is C10H24N2O2. The molecule has 0 heterocycles. The van der Waals surface area contributed by atoms with Crippen LogP contribution in [0.2, 0.25) is 0 Å². The molecule has 0 spiro atoms. The van der Waals surface area contributed by atoms with Gasteiger partial charge in [0, 0.05) is 0 Å². The Kier molecular flexibility index (Phi) is 14.0. The van der Waals surface area contributed by atoms with Gasteiger partial charge in [-0.25, -0.2) is 0 Å². The van der Waals surface area contributed by atoms with E-state index >= 15 is 0 Å². The largest absolute Gasteiger partial charge is 0.480 e. The van der Waals surface area contributed by atoms with E-state index < -0.39 is 5.97 Å². The lowest BCUT2D eigenvalue weighted by Gasteiger charge is -2.09. The summed E-state index contributed by atoms with van der Waals surface area (Å²) in [6.07, 6.45) is 2.67. The van der Waals surface area contributed by atoms with E-state index in [9.17, 15) is 4.79 Å². The number of rotatable bonds is 7. The van der Waals surface area contributed by atoms with Crippen LogP contribution in [0.3, 0.4) is 0 Å². The molecule has 0 fully saturated rings. The molecule has 3 N–H and O–H groups in total. The average molecular weight is 204 g/mol. The Balaban J connectivity index is 0. The minimum atomic E-state index is -0.762. The molecule has 4 heteroatoms. The molecule has 1 atom stereocenters. The molecule has 0 radical (unpaired) electrons. The molecule has 0 amide bonds. The summed E-state index contributed by atoms with van der Waals surface area (Å²) in [5.74, 6) is -0.762. The molecule has 0 bridgehead atoms. The number of unbranched alkanes of at least 4 members (excludes halogenated alkanes) is 1. The number of aliphatic carboxylic acids is 1. The fourth-order valence-corrected chi connectivity index (χ4v) is 1.04. The highest BCUT2D eigenvalue weighted by Gasteiger charge is 2.12. The van der Waals surface area contributed by atoms with Gasteiger partial charge in [-0.3, -0.25) is 4.79 Å². The number of hydrogen-bond donors (Lipinski definition) is 3. The van der Waals surface area contributed by atoms with Crippen LogP contribution in [0.5, 0.6) is 0 Å². The number of hydrogen-bond acceptors (Lipinski definition) is 3. The Labute approximate surface area is 87.1 Å². The SMILES string of the molecule is CC.CNCCCCC(NC)C(=O)O. The lowest BCUT2D eigenvalue weighted by molar-refractivity contribution is -0.139. The third-order valence-electron chi connectivity index (χ3n) is 1.82. The quantitative estimate of drug-likeness (QED) is 0.543. The van der Waals surface area contributed by atoms with Crippen LogP contribution in [-0.4, -0.2) is 37.8 Å². The molecule has 0 aliphatic rings. The number of carbonyl (C=O) groups is 1. The van der Waals surface area contributed by atoms with Crippen LogP contribution in [0.15, 0.2) is 0 Å². The van der Waals surface area contributed by atoms with Gasteiger partial charge in [0.15, 0.2) is 0 Å². The summed E-state index contributed by atoms with van der Waals surface area (Å²) in [7, 11) is 3.57. The molecule has 0 saturated heterocycles. The lowest BCUT2D eigenvalue weighted by Crippen LogP contribution is -2.33. The maximum absolute atomic E-state index is 10.5. The Morgan fingerprint density at radius 3 is 2.21 bits per heavy atom. The van der Waals surface area contributed by atoms with Crippen molar-refractivity contribution in [3.05, 3.63) is 0 Å². The minimum absolute atomic E-state index is 0.387. The normalized spacial score (nSPS) is 11.4. The number of carboxylic acid groups (broad SMARTS) is 1. The van der Waals surface area contributed by atoms with Crippen molar-refractivity contribution >= 4 is 5.97 Å². The van der Waals surface area contributed by atoms with Crippen molar-refractivity contribution in [2.75, 3.05) is 20.6 Å². The van der Waals surface area contributed by atoms with Crippen LogP contribution in [-0.2, 0) is 4.79 Å². The summed E-state index contributed by atoms with van der Waals surface area (Å²) in [4.78, 5) is 10.5. The maximum atomic E-state index is 10.5. The van der Waals surface area contributed by atoms with Crippen molar-refractivity contribution in [1.82, 2.24) is 10.6 Å². The second kappa shape index (κ2) is 12.4. The van der Waals surface area contributed by atoms with Crippen LogP contribution in [0.25, 0.3) is 0 Å². The topological polar surface area (TPSA) is 61.4 Å². The molecule has 86 valence electrons. The first-order valence-electron chi connectivity index (χ1n) is 5.27. The zero-order valence-corrected chi connectivity index (χ0v) is 9.76. The molecular weight excluding hydrogens is 180 g/mol. The standard InChI is InChI=1S/C8H18N2O2.C2H6/c1-9-6-4-3-5-7(10-2)8(11)12;1-2/h7,9-10H,3-6H2,1-2H3,(H,11,12);1-2H3. The predicted octanol–water partition coefficient (Wildman–Crippen LogP) is 1.07. The first kappa shape index (κ1) is 15.8. The fraction of sp³-hybridized carbons (Fsp3) is 0.900. The molecule has 4 nitrogen and oxygen atoms in total. The molecule has 0 saturated carbocycles. The van der Waals surface area contributed by atoms with Gasteiger partial charge in [-0.05, 0) is 33.5 Å². The van der Waals surface area contributed by atoms with Gasteiger partial charge in [-0.1, -0.05) is 20.3 Å². The van der Waals surface area contributed by atoms with Gasteiger partial charge < -0.3 is 15.7 Å². The van der Waals surface area contributed by atoms with E-state index in [1.807, 2.05) is 20.9 Å². The molecule has 14 heavy (non-hydrogen) atoms. The Hall–Kier alpha value is -0.610. The fourth-order valence-electron chi connectivity index (χ4n) is 1.04. The zero-order chi connectivity index (χ0) is 11.4. The van der Waals surface area contributed by atoms with Crippen molar-refractivity contribution in [2.45, 2.75) is 39.2 Å². The molecule has 0 aromatic carbocycles. The van der Waals surface area contributed by atoms with Crippen LogP contribution >= 0.6 is 0 Å². The number of nitrogens with one attached hydrogen (secondary N) is 2. The second-order valence-electron chi connectivity index (χ2n) is 2.78. The summed E-state index contributed by atoms with van der Waals surface area (Å²) in [6, 6.07) is -0.387. The number of carboxylic acids is 1. The highest BCUT2D eigenvalue weighted by atomic mass is 16.4. The van der Waals surface area contributed by atoms with Gasteiger partial charge >= 0.3 is 5.97 Å². The average Bonchev–Trinajstić information content (AvgIpc) is 2.20. The van der Waals surface area contributed by atoms with E-state index in [-0.39, 0.29) is 6.04 Å². The third-order valence-corrected chi connectivity index (χ3v) is 1.82. The first-order chi connectivity index (χ1) is 6.72. The molecule has 0 rings (SSSR count). The van der Waals surface area contributed by atoms with Crippen LogP contribution in [0.1, 0.15) is 33.1 Å². The molecule has 0 aromatic heterocycles. The summed E-state index contributed by atoms with van der Waals surface area (Å²) in [5, 5.41) is 14.4. The van der Waals surface area contributed by atoms with Crippen molar-refractivity contribution in [3.63, 3.8) is 0 Å². The summed E-state index contributed by atoms with van der Waals surface area (Å²) in [5.41, 5.74) is 0. The van der Waals surface area contributed by atoms with E-state index in [1.165, 1.54) is 0 Å². The highest BCUT2D eigenvalue weighted by molar-refractivity contribution is 5.73. The van der Waals surface area contributed by atoms with Gasteiger partial charge in [-0.2, -0.15) is 0 Å². The van der Waals surface area contributed by atoms with Gasteiger partial charge in [0.05, 0.1) is 0 Å². The van der Waals surface area contributed by atoms with E-state index in [1.54, 1.807) is 7.05 Å². The molecule has 0 aliphatic carbocycles. The van der Waals surface area contributed by atoms with Crippen molar-refractivity contribution in [2.24, 2.45) is 0 Å². The summed E-state index contributed by atoms with van der Waals surface area (Å²) < 4.78 is 0. The zero-order valence-electron chi connectivity index (χ0n) is 9.76. The van der Waals surface area contributed by atoms with Gasteiger partial charge in [0.25, 0.3) is 0 Å². The van der Waals surface area contributed by atoms with E-state index in [0.29, 0.717) is 6.42 Å². The molecule has 0 aromatic rings. The Morgan fingerprint density at radius 1 is 1.29 bits per heavy atom. The van der Waals surface area contributed by atoms with E-state index in [2.05, 4.69) is 10.6 Å². The molecule has 1 unspecified atom stereocenters. The van der Waals surface area contributed by atoms with Crippen molar-refractivity contribution in [3.8, 4) is 0 Å². The smallest absolute Gasteiger partial charge is 0.320 e. The van der Waals surface area contributed by atoms with E-state index in [4.69, 9.17) is 5.11 Å². The van der Waals surface area contributed by atoms with E-state index in [0.717, 1.165) is 19.4 Å². The maximum Gasteiger partial charge on any atom is 0.320 e. The van der Waals surface area contributed by atoms with Crippen molar-refractivity contribution < 1.29 is 9.90 Å². The Bertz CT molecular complexity index is 129. The van der Waals surface area contributed by atoms with Crippen LogP contribution < -0.4 is 10.6 Å².